The van der Waals surface area contributed by atoms with Crippen molar-refractivity contribution in [1.82, 2.24) is 0 Å². The van der Waals surface area contributed by atoms with Gasteiger partial charge in [-0.25, -0.2) is 0 Å². The third-order valence-electron chi connectivity index (χ3n) is 4.86. The lowest BCUT2D eigenvalue weighted by atomic mass is 10.0. The Morgan fingerprint density at radius 1 is 1.14 bits per heavy atom. The second-order valence-corrected chi connectivity index (χ2v) is 9.92. The molecular formula is C20H31OP. The van der Waals surface area contributed by atoms with Gasteiger partial charge in [-0.3, -0.25) is 4.79 Å². The van der Waals surface area contributed by atoms with Gasteiger partial charge in [0.25, 0.3) is 0 Å². The molecule has 0 heterocycles. The normalized spacial score (nSPS) is 17.2. The van der Waals surface area contributed by atoms with Crippen molar-refractivity contribution in [3.05, 3.63) is 34.4 Å². The molecule has 1 aromatic carbocycles. The molecule has 2 heteroatoms. The average molecular weight is 318 g/mol. The third kappa shape index (κ3) is 4.19. The number of hydrogen-bond donors (Lipinski definition) is 0. The summed E-state index contributed by atoms with van der Waals surface area (Å²) >= 11 is 0. The van der Waals surface area contributed by atoms with Crippen LogP contribution in [-0.2, 0) is 0 Å². The lowest BCUT2D eigenvalue weighted by molar-refractivity contribution is 0.108. The highest BCUT2D eigenvalue weighted by Crippen LogP contribution is 2.52. The number of benzene rings is 1. The Morgan fingerprint density at radius 3 is 2.18 bits per heavy atom. The maximum Gasteiger partial charge on any atom is 0.184 e. The van der Waals surface area contributed by atoms with Gasteiger partial charge >= 0.3 is 0 Å². The molecule has 22 heavy (non-hydrogen) atoms. The molecule has 122 valence electrons. The minimum atomic E-state index is -0.513. The first-order valence-corrected chi connectivity index (χ1v) is 10.4. The van der Waals surface area contributed by atoms with E-state index >= 15 is 0 Å². The molecule has 0 saturated heterocycles. The number of carbonyl (C=O) groups excluding carboxylic acids is 1. The number of rotatable bonds is 6. The average Bonchev–Trinajstić information content (AvgIpc) is 2.91. The van der Waals surface area contributed by atoms with E-state index in [0.29, 0.717) is 17.1 Å². The van der Waals surface area contributed by atoms with Gasteiger partial charge in [0, 0.05) is 5.56 Å². The van der Waals surface area contributed by atoms with Gasteiger partial charge in [0.2, 0.25) is 0 Å². The Kier molecular flexibility index (Phi) is 6.21. The van der Waals surface area contributed by atoms with Gasteiger partial charge in [0.05, 0.1) is 0 Å². The van der Waals surface area contributed by atoms with E-state index in [2.05, 4.69) is 46.8 Å². The van der Waals surface area contributed by atoms with Crippen LogP contribution in [0.4, 0.5) is 0 Å². The van der Waals surface area contributed by atoms with Crippen molar-refractivity contribution in [2.75, 3.05) is 6.16 Å². The highest BCUT2D eigenvalue weighted by atomic mass is 31.1. The van der Waals surface area contributed by atoms with Crippen molar-refractivity contribution in [3.8, 4) is 0 Å². The lowest BCUT2D eigenvalue weighted by Gasteiger charge is -2.25. The molecule has 2 rings (SSSR count). The van der Waals surface area contributed by atoms with E-state index in [-0.39, 0.29) is 0 Å². The third-order valence-corrected chi connectivity index (χ3v) is 7.75. The summed E-state index contributed by atoms with van der Waals surface area (Å²) < 4.78 is 0. The van der Waals surface area contributed by atoms with Crippen LogP contribution in [0.25, 0.3) is 0 Å². The molecule has 1 fully saturated rings. The molecule has 0 aromatic heterocycles. The van der Waals surface area contributed by atoms with Gasteiger partial charge in [-0.2, -0.15) is 0 Å². The van der Waals surface area contributed by atoms with Gasteiger partial charge in [0.1, 0.15) is 0 Å². The van der Waals surface area contributed by atoms with E-state index in [4.69, 9.17) is 0 Å². The molecule has 0 aliphatic heterocycles. The van der Waals surface area contributed by atoms with E-state index < -0.39 is 7.92 Å². The number of carbonyl (C=O) groups is 1. The fraction of sp³-hybridized carbons (Fsp3) is 0.650. The molecule has 0 N–H and O–H groups in total. The molecule has 1 aliphatic carbocycles. The Balaban J connectivity index is 2.28. The zero-order valence-electron chi connectivity index (χ0n) is 14.9. The molecular weight excluding hydrogens is 287 g/mol. The highest BCUT2D eigenvalue weighted by Gasteiger charge is 2.31. The highest BCUT2D eigenvalue weighted by molar-refractivity contribution is 7.76. The summed E-state index contributed by atoms with van der Waals surface area (Å²) in [7, 11) is -0.513. The first kappa shape index (κ1) is 17.7. The van der Waals surface area contributed by atoms with Crippen molar-refractivity contribution < 1.29 is 4.79 Å². The van der Waals surface area contributed by atoms with Crippen LogP contribution in [0.1, 0.15) is 73.0 Å². The van der Waals surface area contributed by atoms with Gasteiger partial charge < -0.3 is 0 Å². The predicted molar refractivity (Wildman–Crippen MR) is 98.5 cm³/mol. The summed E-state index contributed by atoms with van der Waals surface area (Å²) in [4.78, 5) is 13.3. The zero-order chi connectivity index (χ0) is 16.3. The second-order valence-electron chi connectivity index (χ2n) is 7.39. The van der Waals surface area contributed by atoms with Gasteiger partial charge in [-0.1, -0.05) is 44.4 Å². The maximum atomic E-state index is 13.3. The van der Waals surface area contributed by atoms with E-state index in [9.17, 15) is 4.79 Å². The van der Waals surface area contributed by atoms with Crippen LogP contribution in [0.5, 0.6) is 0 Å². The first-order chi connectivity index (χ1) is 10.4. The zero-order valence-corrected chi connectivity index (χ0v) is 15.8. The monoisotopic (exact) mass is 318 g/mol. The molecule has 1 atom stereocenters. The molecule has 0 amide bonds. The van der Waals surface area contributed by atoms with Crippen molar-refractivity contribution in [1.29, 1.82) is 0 Å². The topological polar surface area (TPSA) is 17.1 Å². The van der Waals surface area contributed by atoms with Crippen LogP contribution < -0.4 is 0 Å². The Hall–Kier alpha value is -0.680. The minimum absolute atomic E-state index is 0.484. The largest absolute Gasteiger partial charge is 0.289 e. The van der Waals surface area contributed by atoms with Crippen molar-refractivity contribution >= 4 is 13.4 Å². The van der Waals surface area contributed by atoms with E-state index in [1.807, 2.05) is 0 Å². The summed E-state index contributed by atoms with van der Waals surface area (Å²) in [6.07, 6.45) is 7.52. The predicted octanol–water partition coefficient (Wildman–Crippen LogP) is 6.22. The van der Waals surface area contributed by atoms with Gasteiger partial charge in [0.15, 0.2) is 5.52 Å². The Morgan fingerprint density at radius 2 is 1.68 bits per heavy atom. The molecule has 0 bridgehead atoms. The van der Waals surface area contributed by atoms with Gasteiger partial charge in [-0.15, -0.1) is 0 Å². The van der Waals surface area contributed by atoms with Crippen LogP contribution in [0.2, 0.25) is 0 Å². The number of hydrogen-bond acceptors (Lipinski definition) is 1. The van der Waals surface area contributed by atoms with Crippen LogP contribution in [-0.4, -0.2) is 17.3 Å². The number of aryl methyl sites for hydroxylation is 3. The first-order valence-electron chi connectivity index (χ1n) is 8.79. The van der Waals surface area contributed by atoms with E-state index in [0.717, 1.165) is 11.7 Å². The minimum Gasteiger partial charge on any atom is -0.289 e. The molecule has 1 nitrogen and oxygen atoms in total. The second kappa shape index (κ2) is 7.73. The van der Waals surface area contributed by atoms with Crippen molar-refractivity contribution in [2.45, 2.75) is 72.4 Å². The maximum absolute atomic E-state index is 13.3. The Bertz CT molecular complexity index is 504. The van der Waals surface area contributed by atoms with E-state index in [1.165, 1.54) is 48.8 Å². The summed E-state index contributed by atoms with van der Waals surface area (Å²) in [5, 5.41) is 0. The quantitative estimate of drug-likeness (QED) is 0.569. The van der Waals surface area contributed by atoms with Crippen LogP contribution in [0.3, 0.4) is 0 Å². The summed E-state index contributed by atoms with van der Waals surface area (Å²) in [6.45, 7) is 10.9. The van der Waals surface area contributed by atoms with Crippen LogP contribution in [0, 0.1) is 26.7 Å². The Labute approximate surface area is 137 Å². The van der Waals surface area contributed by atoms with Crippen LogP contribution >= 0.6 is 7.92 Å². The molecule has 1 aromatic rings. The lowest BCUT2D eigenvalue weighted by Crippen LogP contribution is -2.14. The smallest absolute Gasteiger partial charge is 0.184 e. The van der Waals surface area contributed by atoms with Crippen LogP contribution in [0.15, 0.2) is 12.1 Å². The SMILES string of the molecule is Cc1cc(C)c(C(=O)P(CCC(C)C)C2CCCC2)c(C)c1. The fourth-order valence-corrected chi connectivity index (χ4v) is 7.05. The summed E-state index contributed by atoms with van der Waals surface area (Å²) in [6, 6.07) is 4.34. The van der Waals surface area contributed by atoms with E-state index in [1.54, 1.807) is 0 Å². The van der Waals surface area contributed by atoms with Crippen molar-refractivity contribution in [3.63, 3.8) is 0 Å². The molecule has 0 radical (unpaired) electrons. The molecule has 1 saturated carbocycles. The van der Waals surface area contributed by atoms with Crippen molar-refractivity contribution in [2.24, 2.45) is 5.92 Å². The fourth-order valence-electron chi connectivity index (χ4n) is 3.72. The molecule has 0 spiro atoms. The summed E-state index contributed by atoms with van der Waals surface area (Å²) in [5.74, 6) is 0.694. The molecule has 1 aliphatic rings. The standard InChI is InChI=1S/C20H31OP/c1-14(2)10-11-22(18-8-6-7-9-18)20(21)19-16(4)12-15(3)13-17(19)5/h12-14,18H,6-11H2,1-5H3. The van der Waals surface area contributed by atoms with Gasteiger partial charge in [-0.05, 0) is 76.8 Å². The molecule has 1 unspecified atom stereocenters. The summed E-state index contributed by atoms with van der Waals surface area (Å²) in [5.41, 5.74) is 5.82.